The lowest BCUT2D eigenvalue weighted by molar-refractivity contribution is -0.119. The number of carbonyl (C=O) groups excluding carboxylic acids is 1. The average Bonchev–Trinajstić information content (AvgIpc) is 2.86. The van der Waals surface area contributed by atoms with Crippen LogP contribution in [0.15, 0.2) is 24.3 Å². The highest BCUT2D eigenvalue weighted by molar-refractivity contribution is 5.92. The van der Waals surface area contributed by atoms with Gasteiger partial charge in [-0.3, -0.25) is 4.79 Å². The summed E-state index contributed by atoms with van der Waals surface area (Å²) in [4.78, 5) is 11.9. The maximum absolute atomic E-state index is 11.9. The van der Waals surface area contributed by atoms with E-state index >= 15 is 0 Å². The molecular weight excluding hydrogens is 214 g/mol. The Morgan fingerprint density at radius 3 is 2.47 bits per heavy atom. The van der Waals surface area contributed by atoms with Gasteiger partial charge in [-0.2, -0.15) is 0 Å². The number of amides is 1. The van der Waals surface area contributed by atoms with Crippen LogP contribution in [0.25, 0.3) is 0 Å². The van der Waals surface area contributed by atoms with Crippen LogP contribution in [0.3, 0.4) is 0 Å². The monoisotopic (exact) mass is 233 g/mol. The highest BCUT2D eigenvalue weighted by atomic mass is 16.2. The van der Waals surface area contributed by atoms with Crippen molar-refractivity contribution in [1.29, 1.82) is 0 Å². The largest absolute Gasteiger partial charge is 0.396 e. The van der Waals surface area contributed by atoms with E-state index in [-0.39, 0.29) is 18.4 Å². The first kappa shape index (κ1) is 12.1. The molecule has 0 radical (unpaired) electrons. The molecule has 1 aromatic rings. The first-order chi connectivity index (χ1) is 8.29. The van der Waals surface area contributed by atoms with E-state index in [2.05, 4.69) is 5.32 Å². The molecular formula is C14H19NO2. The maximum atomic E-state index is 11.9. The highest BCUT2D eigenvalue weighted by Gasteiger charge is 2.22. The van der Waals surface area contributed by atoms with Crippen LogP contribution in [-0.4, -0.2) is 17.6 Å². The molecule has 3 heteroatoms. The van der Waals surface area contributed by atoms with Crippen molar-refractivity contribution in [2.75, 3.05) is 11.9 Å². The van der Waals surface area contributed by atoms with Crippen molar-refractivity contribution < 1.29 is 9.90 Å². The van der Waals surface area contributed by atoms with E-state index in [1.807, 2.05) is 24.3 Å². The molecule has 0 saturated heterocycles. The second-order valence-corrected chi connectivity index (χ2v) is 4.64. The summed E-state index contributed by atoms with van der Waals surface area (Å²) in [6, 6.07) is 7.69. The molecule has 0 aromatic heterocycles. The Morgan fingerprint density at radius 2 is 1.88 bits per heavy atom. The van der Waals surface area contributed by atoms with Gasteiger partial charge in [0.2, 0.25) is 5.91 Å². The molecule has 1 saturated carbocycles. The summed E-state index contributed by atoms with van der Waals surface area (Å²) in [5, 5.41) is 11.8. The third-order valence-electron chi connectivity index (χ3n) is 3.35. The molecule has 1 aliphatic carbocycles. The molecule has 2 rings (SSSR count). The standard InChI is InChI=1S/C14H19NO2/c16-10-9-11-5-7-13(8-6-11)15-14(17)12-3-1-2-4-12/h5-8,12,16H,1-4,9-10H2,(H,15,17). The summed E-state index contributed by atoms with van der Waals surface area (Å²) in [5.41, 5.74) is 1.94. The van der Waals surface area contributed by atoms with Gasteiger partial charge in [0, 0.05) is 18.2 Å². The minimum atomic E-state index is 0.150. The van der Waals surface area contributed by atoms with Crippen LogP contribution < -0.4 is 5.32 Å². The van der Waals surface area contributed by atoms with Gasteiger partial charge in [-0.1, -0.05) is 25.0 Å². The summed E-state index contributed by atoms with van der Waals surface area (Å²) in [6.07, 6.45) is 5.06. The van der Waals surface area contributed by atoms with E-state index in [1.54, 1.807) is 0 Å². The molecule has 0 aliphatic heterocycles. The molecule has 0 spiro atoms. The zero-order valence-corrected chi connectivity index (χ0v) is 9.98. The second-order valence-electron chi connectivity index (χ2n) is 4.64. The van der Waals surface area contributed by atoms with Crippen LogP contribution in [0.4, 0.5) is 5.69 Å². The number of carbonyl (C=O) groups is 1. The molecule has 1 amide bonds. The molecule has 2 N–H and O–H groups in total. The molecule has 0 heterocycles. The van der Waals surface area contributed by atoms with Gasteiger partial charge in [-0.15, -0.1) is 0 Å². The number of anilines is 1. The number of nitrogens with one attached hydrogen (secondary N) is 1. The van der Waals surface area contributed by atoms with Gasteiger partial charge in [0.15, 0.2) is 0 Å². The molecule has 0 atom stereocenters. The zero-order valence-electron chi connectivity index (χ0n) is 9.98. The number of aliphatic hydroxyl groups is 1. The summed E-state index contributed by atoms with van der Waals surface area (Å²) in [7, 11) is 0. The van der Waals surface area contributed by atoms with Gasteiger partial charge >= 0.3 is 0 Å². The third-order valence-corrected chi connectivity index (χ3v) is 3.35. The lowest BCUT2D eigenvalue weighted by atomic mass is 10.1. The van der Waals surface area contributed by atoms with Gasteiger partial charge in [-0.05, 0) is 37.0 Å². The van der Waals surface area contributed by atoms with Gasteiger partial charge in [-0.25, -0.2) is 0 Å². The second kappa shape index (κ2) is 5.82. The Kier molecular flexibility index (Phi) is 4.15. The summed E-state index contributed by atoms with van der Waals surface area (Å²) in [5.74, 6) is 0.351. The highest BCUT2D eigenvalue weighted by Crippen LogP contribution is 2.26. The van der Waals surface area contributed by atoms with Crippen LogP contribution in [0.1, 0.15) is 31.2 Å². The third kappa shape index (κ3) is 3.30. The van der Waals surface area contributed by atoms with Crippen LogP contribution in [-0.2, 0) is 11.2 Å². The number of aliphatic hydroxyl groups excluding tert-OH is 1. The van der Waals surface area contributed by atoms with Crippen LogP contribution in [0.2, 0.25) is 0 Å². The first-order valence-corrected chi connectivity index (χ1v) is 6.30. The van der Waals surface area contributed by atoms with Crippen LogP contribution >= 0.6 is 0 Å². The van der Waals surface area contributed by atoms with Crippen molar-refractivity contribution in [3.8, 4) is 0 Å². The molecule has 17 heavy (non-hydrogen) atoms. The summed E-state index contributed by atoms with van der Waals surface area (Å²) in [6.45, 7) is 0.160. The Hall–Kier alpha value is -1.35. The fraction of sp³-hybridized carbons (Fsp3) is 0.500. The van der Waals surface area contributed by atoms with Gasteiger partial charge in [0.25, 0.3) is 0 Å². The van der Waals surface area contributed by atoms with E-state index in [4.69, 9.17) is 5.11 Å². The van der Waals surface area contributed by atoms with E-state index in [0.717, 1.165) is 24.1 Å². The van der Waals surface area contributed by atoms with Gasteiger partial charge < -0.3 is 10.4 Å². The molecule has 0 bridgehead atoms. The van der Waals surface area contributed by atoms with E-state index in [0.29, 0.717) is 6.42 Å². The predicted molar refractivity (Wildman–Crippen MR) is 67.8 cm³/mol. The minimum absolute atomic E-state index is 0.150. The minimum Gasteiger partial charge on any atom is -0.396 e. The molecule has 1 aliphatic rings. The Labute approximate surface area is 102 Å². The fourth-order valence-corrected chi connectivity index (χ4v) is 2.32. The molecule has 92 valence electrons. The van der Waals surface area contributed by atoms with Crippen molar-refractivity contribution in [2.24, 2.45) is 5.92 Å². The molecule has 1 fully saturated rings. The van der Waals surface area contributed by atoms with Crippen LogP contribution in [0.5, 0.6) is 0 Å². The fourth-order valence-electron chi connectivity index (χ4n) is 2.32. The van der Waals surface area contributed by atoms with Crippen molar-refractivity contribution in [3.05, 3.63) is 29.8 Å². The van der Waals surface area contributed by atoms with Crippen molar-refractivity contribution in [3.63, 3.8) is 0 Å². The molecule has 0 unspecified atom stereocenters. The maximum Gasteiger partial charge on any atom is 0.227 e. The molecule has 1 aromatic carbocycles. The summed E-state index contributed by atoms with van der Waals surface area (Å²) < 4.78 is 0. The lowest BCUT2D eigenvalue weighted by Crippen LogP contribution is -2.20. The number of rotatable bonds is 4. The topological polar surface area (TPSA) is 49.3 Å². The number of benzene rings is 1. The van der Waals surface area contributed by atoms with Gasteiger partial charge in [0.1, 0.15) is 0 Å². The van der Waals surface area contributed by atoms with Crippen molar-refractivity contribution >= 4 is 11.6 Å². The quantitative estimate of drug-likeness (QED) is 0.838. The smallest absolute Gasteiger partial charge is 0.227 e. The van der Waals surface area contributed by atoms with E-state index in [9.17, 15) is 4.79 Å². The van der Waals surface area contributed by atoms with Crippen molar-refractivity contribution in [2.45, 2.75) is 32.1 Å². The van der Waals surface area contributed by atoms with Crippen molar-refractivity contribution in [1.82, 2.24) is 0 Å². The number of hydrogen-bond acceptors (Lipinski definition) is 2. The Morgan fingerprint density at radius 1 is 1.24 bits per heavy atom. The Bertz CT molecular complexity index is 366. The van der Waals surface area contributed by atoms with Gasteiger partial charge in [0.05, 0.1) is 0 Å². The zero-order chi connectivity index (χ0) is 12.1. The normalized spacial score (nSPS) is 16.1. The van der Waals surface area contributed by atoms with E-state index in [1.165, 1.54) is 12.8 Å². The molecule has 3 nitrogen and oxygen atoms in total. The van der Waals surface area contributed by atoms with Crippen LogP contribution in [0, 0.1) is 5.92 Å². The lowest BCUT2D eigenvalue weighted by Gasteiger charge is -2.10. The first-order valence-electron chi connectivity index (χ1n) is 6.30. The predicted octanol–water partition coefficient (Wildman–Crippen LogP) is 2.35. The number of hydrogen-bond donors (Lipinski definition) is 2. The average molecular weight is 233 g/mol. The Balaban J connectivity index is 1.91. The summed E-state index contributed by atoms with van der Waals surface area (Å²) >= 11 is 0. The SMILES string of the molecule is O=C(Nc1ccc(CCO)cc1)C1CCCC1. The van der Waals surface area contributed by atoms with E-state index < -0.39 is 0 Å².